The molecule has 18 heavy (non-hydrogen) atoms. The summed E-state index contributed by atoms with van der Waals surface area (Å²) in [4.78, 5) is 12.1. The van der Waals surface area contributed by atoms with Gasteiger partial charge in [0.15, 0.2) is 0 Å². The smallest absolute Gasteiger partial charge is 0.331 e. The molecule has 1 aromatic carbocycles. The molecular weight excluding hydrogens is 226 g/mol. The molecule has 2 unspecified atom stereocenters. The Morgan fingerprint density at radius 1 is 1.44 bits per heavy atom. The van der Waals surface area contributed by atoms with Crippen LogP contribution >= 0.6 is 0 Å². The third-order valence-electron chi connectivity index (χ3n) is 3.86. The first-order chi connectivity index (χ1) is 8.57. The van der Waals surface area contributed by atoms with Crippen molar-refractivity contribution in [1.29, 1.82) is 0 Å². The van der Waals surface area contributed by atoms with Crippen molar-refractivity contribution in [3.8, 4) is 0 Å². The van der Waals surface area contributed by atoms with Crippen LogP contribution in [0.5, 0.6) is 0 Å². The van der Waals surface area contributed by atoms with Crippen LogP contribution in [0.3, 0.4) is 0 Å². The van der Waals surface area contributed by atoms with Crippen LogP contribution in [0.2, 0.25) is 0 Å². The first kappa shape index (κ1) is 12.9. The molecule has 1 fully saturated rings. The number of anilines is 1. The van der Waals surface area contributed by atoms with Crippen LogP contribution in [0, 0.1) is 12.8 Å². The first-order valence-electron chi connectivity index (χ1n) is 6.49. The zero-order valence-corrected chi connectivity index (χ0v) is 11.3. The van der Waals surface area contributed by atoms with E-state index in [0.717, 1.165) is 30.5 Å². The molecule has 1 N–H and O–H groups in total. The van der Waals surface area contributed by atoms with Gasteiger partial charge in [0.1, 0.15) is 5.54 Å². The van der Waals surface area contributed by atoms with E-state index in [-0.39, 0.29) is 5.97 Å². The second-order valence-electron chi connectivity index (χ2n) is 5.36. The number of ether oxygens (including phenoxy) is 1. The predicted octanol–water partition coefficient (Wildman–Crippen LogP) is 3.14. The Labute approximate surface area is 109 Å². The van der Waals surface area contributed by atoms with Gasteiger partial charge in [0.05, 0.1) is 7.11 Å². The van der Waals surface area contributed by atoms with Gasteiger partial charge < -0.3 is 10.1 Å². The van der Waals surface area contributed by atoms with Gasteiger partial charge >= 0.3 is 5.97 Å². The maximum Gasteiger partial charge on any atom is 0.331 e. The highest BCUT2D eigenvalue weighted by atomic mass is 16.5. The molecule has 0 radical (unpaired) electrons. The molecule has 1 saturated carbocycles. The normalized spacial score (nSPS) is 26.9. The molecule has 1 aromatic rings. The van der Waals surface area contributed by atoms with Crippen LogP contribution < -0.4 is 5.32 Å². The molecule has 3 nitrogen and oxygen atoms in total. The molecule has 98 valence electrons. The molecule has 0 aromatic heterocycles. The Kier molecular flexibility index (Phi) is 3.60. The number of nitrogens with one attached hydrogen (secondary N) is 1. The van der Waals surface area contributed by atoms with Crippen LogP contribution in [0.15, 0.2) is 24.3 Å². The lowest BCUT2D eigenvalue weighted by Crippen LogP contribution is -2.45. The Hall–Kier alpha value is -1.51. The molecule has 0 bridgehead atoms. The fraction of sp³-hybridized carbons (Fsp3) is 0.533. The number of aryl methyl sites for hydroxylation is 1. The summed E-state index contributed by atoms with van der Waals surface area (Å²) in [5.41, 5.74) is 1.64. The summed E-state index contributed by atoms with van der Waals surface area (Å²) in [5.74, 6) is 0.413. The maximum absolute atomic E-state index is 12.1. The van der Waals surface area contributed by atoms with Gasteiger partial charge in [-0.05, 0) is 43.7 Å². The fourth-order valence-electron chi connectivity index (χ4n) is 2.81. The number of para-hydroxylation sites is 1. The zero-order chi connectivity index (χ0) is 13.2. The molecule has 0 aliphatic heterocycles. The van der Waals surface area contributed by atoms with Crippen LogP contribution in [0.25, 0.3) is 0 Å². The minimum atomic E-state index is -0.541. The van der Waals surface area contributed by atoms with Crippen molar-refractivity contribution >= 4 is 11.7 Å². The summed E-state index contributed by atoms with van der Waals surface area (Å²) in [5, 5.41) is 3.43. The highest BCUT2D eigenvalue weighted by Crippen LogP contribution is 2.38. The van der Waals surface area contributed by atoms with E-state index in [4.69, 9.17) is 4.74 Å². The summed E-state index contributed by atoms with van der Waals surface area (Å²) < 4.78 is 5.00. The standard InChI is InChI=1S/C15H21NO2/c1-11-8-9-15(10-11,14(17)18-3)16-13-7-5-4-6-12(13)2/h4-7,11,16H,8-10H2,1-3H3. The number of carbonyl (C=O) groups is 1. The number of carbonyl (C=O) groups excluding carboxylic acids is 1. The molecule has 3 heteroatoms. The van der Waals surface area contributed by atoms with E-state index in [2.05, 4.69) is 12.2 Å². The summed E-state index contributed by atoms with van der Waals surface area (Å²) >= 11 is 0. The number of methoxy groups -OCH3 is 1. The van der Waals surface area contributed by atoms with Gasteiger partial charge in [-0.3, -0.25) is 0 Å². The van der Waals surface area contributed by atoms with Crippen molar-refractivity contribution in [2.24, 2.45) is 5.92 Å². The predicted molar refractivity (Wildman–Crippen MR) is 72.6 cm³/mol. The average Bonchev–Trinajstić information content (AvgIpc) is 2.74. The second kappa shape index (κ2) is 5.01. The molecule has 0 amide bonds. The number of hydrogen-bond donors (Lipinski definition) is 1. The molecule has 0 heterocycles. The van der Waals surface area contributed by atoms with Crippen molar-refractivity contribution in [2.45, 2.75) is 38.6 Å². The molecular formula is C15H21NO2. The Bertz CT molecular complexity index is 444. The van der Waals surface area contributed by atoms with Gasteiger partial charge in [-0.25, -0.2) is 4.79 Å². The van der Waals surface area contributed by atoms with Crippen LogP contribution in [-0.4, -0.2) is 18.6 Å². The lowest BCUT2D eigenvalue weighted by molar-refractivity contribution is -0.145. The zero-order valence-electron chi connectivity index (χ0n) is 11.3. The van der Waals surface area contributed by atoms with E-state index < -0.39 is 5.54 Å². The number of benzene rings is 1. The summed E-state index contributed by atoms with van der Waals surface area (Å²) in [6.07, 6.45) is 2.75. The molecule has 0 spiro atoms. The van der Waals surface area contributed by atoms with Gasteiger partial charge in [-0.15, -0.1) is 0 Å². The van der Waals surface area contributed by atoms with Crippen molar-refractivity contribution in [1.82, 2.24) is 0 Å². The van der Waals surface area contributed by atoms with Crippen LogP contribution in [-0.2, 0) is 9.53 Å². The Balaban J connectivity index is 2.27. The highest BCUT2D eigenvalue weighted by molar-refractivity contribution is 5.85. The minimum absolute atomic E-state index is 0.143. The lowest BCUT2D eigenvalue weighted by atomic mass is 9.95. The van der Waals surface area contributed by atoms with Gasteiger partial charge in [0, 0.05) is 5.69 Å². The topological polar surface area (TPSA) is 38.3 Å². The molecule has 2 rings (SSSR count). The SMILES string of the molecule is COC(=O)C1(Nc2ccccc2C)CCC(C)C1. The maximum atomic E-state index is 12.1. The van der Waals surface area contributed by atoms with Crippen molar-refractivity contribution in [3.05, 3.63) is 29.8 Å². The van der Waals surface area contributed by atoms with E-state index in [9.17, 15) is 4.79 Å². The quantitative estimate of drug-likeness (QED) is 0.834. The van der Waals surface area contributed by atoms with Gasteiger partial charge in [0.25, 0.3) is 0 Å². The fourth-order valence-corrected chi connectivity index (χ4v) is 2.81. The first-order valence-corrected chi connectivity index (χ1v) is 6.49. The third kappa shape index (κ3) is 2.35. The minimum Gasteiger partial charge on any atom is -0.467 e. The van der Waals surface area contributed by atoms with E-state index in [1.54, 1.807) is 0 Å². The summed E-state index contributed by atoms with van der Waals surface area (Å²) in [6.45, 7) is 4.23. The molecule has 2 atom stereocenters. The van der Waals surface area contributed by atoms with Crippen LogP contribution in [0.1, 0.15) is 31.7 Å². The summed E-state index contributed by atoms with van der Waals surface area (Å²) in [7, 11) is 1.46. The van der Waals surface area contributed by atoms with Crippen molar-refractivity contribution in [3.63, 3.8) is 0 Å². The number of esters is 1. The van der Waals surface area contributed by atoms with E-state index >= 15 is 0 Å². The lowest BCUT2D eigenvalue weighted by Gasteiger charge is -2.29. The van der Waals surface area contributed by atoms with E-state index in [1.165, 1.54) is 7.11 Å². The largest absolute Gasteiger partial charge is 0.467 e. The van der Waals surface area contributed by atoms with E-state index in [0.29, 0.717) is 5.92 Å². The molecule has 1 aliphatic carbocycles. The highest BCUT2D eigenvalue weighted by Gasteiger charge is 2.45. The molecule has 1 aliphatic rings. The van der Waals surface area contributed by atoms with Crippen molar-refractivity contribution < 1.29 is 9.53 Å². The van der Waals surface area contributed by atoms with Gasteiger partial charge in [0.2, 0.25) is 0 Å². The van der Waals surface area contributed by atoms with Crippen molar-refractivity contribution in [2.75, 3.05) is 12.4 Å². The molecule has 0 saturated heterocycles. The average molecular weight is 247 g/mol. The number of rotatable bonds is 3. The Morgan fingerprint density at radius 3 is 2.72 bits per heavy atom. The third-order valence-corrected chi connectivity index (χ3v) is 3.86. The number of hydrogen-bond acceptors (Lipinski definition) is 3. The monoisotopic (exact) mass is 247 g/mol. The summed E-state index contributed by atoms with van der Waals surface area (Å²) in [6, 6.07) is 8.05. The second-order valence-corrected chi connectivity index (χ2v) is 5.36. The van der Waals surface area contributed by atoms with E-state index in [1.807, 2.05) is 31.2 Å². The van der Waals surface area contributed by atoms with Gasteiger partial charge in [-0.2, -0.15) is 0 Å². The Morgan fingerprint density at radius 2 is 2.17 bits per heavy atom. The van der Waals surface area contributed by atoms with Crippen LogP contribution in [0.4, 0.5) is 5.69 Å². The van der Waals surface area contributed by atoms with Gasteiger partial charge in [-0.1, -0.05) is 25.1 Å².